The molecule has 0 saturated carbocycles. The molecule has 2 aromatic rings. The lowest BCUT2D eigenvalue weighted by molar-refractivity contribution is -0.121. The van der Waals surface area contributed by atoms with Gasteiger partial charge in [-0.3, -0.25) is 4.79 Å². The molecule has 1 atom stereocenters. The van der Waals surface area contributed by atoms with Crippen molar-refractivity contribution in [3.63, 3.8) is 0 Å². The normalized spacial score (nSPS) is 16.7. The minimum Gasteiger partial charge on any atom is -0.495 e. The molecule has 3 amide bonds. The minimum atomic E-state index is -0.261. The van der Waals surface area contributed by atoms with E-state index in [9.17, 15) is 9.59 Å². The van der Waals surface area contributed by atoms with E-state index in [1.807, 2.05) is 48.5 Å². The Bertz CT molecular complexity index is 890. The third-order valence-corrected chi connectivity index (χ3v) is 5.43. The summed E-state index contributed by atoms with van der Waals surface area (Å²) in [5.74, 6) is 0.283. The van der Waals surface area contributed by atoms with Gasteiger partial charge in [0.1, 0.15) is 5.75 Å². The molecule has 0 aliphatic carbocycles. The van der Waals surface area contributed by atoms with Gasteiger partial charge in [-0.15, -0.1) is 0 Å². The van der Waals surface area contributed by atoms with Gasteiger partial charge in [-0.25, -0.2) is 4.79 Å². The Morgan fingerprint density at radius 1 is 1.07 bits per heavy atom. The van der Waals surface area contributed by atoms with Crippen molar-refractivity contribution in [2.75, 3.05) is 30.8 Å². The maximum absolute atomic E-state index is 13.0. The van der Waals surface area contributed by atoms with E-state index in [-0.39, 0.29) is 23.3 Å². The van der Waals surface area contributed by atoms with Crippen LogP contribution in [0.5, 0.6) is 5.75 Å². The smallest absolute Gasteiger partial charge is 0.321 e. The molecular weight excluding hydrogens is 378 g/mol. The molecule has 6 heteroatoms. The lowest BCUT2D eigenvalue weighted by Gasteiger charge is -2.32. The fourth-order valence-corrected chi connectivity index (χ4v) is 3.61. The maximum Gasteiger partial charge on any atom is 0.321 e. The summed E-state index contributed by atoms with van der Waals surface area (Å²) in [4.78, 5) is 27.3. The molecule has 1 fully saturated rings. The molecule has 1 aliphatic heterocycles. The third-order valence-electron chi connectivity index (χ3n) is 5.43. The van der Waals surface area contributed by atoms with Gasteiger partial charge in [-0.1, -0.05) is 45.0 Å². The van der Waals surface area contributed by atoms with Crippen LogP contribution in [0.3, 0.4) is 0 Å². The SMILES string of the molecule is COc1ccc(C(C)(C)C)cc1NC(=O)C1CCCN(C(=O)Nc2ccccc2)C1. The van der Waals surface area contributed by atoms with Crippen molar-refractivity contribution in [2.24, 2.45) is 5.92 Å². The van der Waals surface area contributed by atoms with Crippen molar-refractivity contribution < 1.29 is 14.3 Å². The number of likely N-dealkylation sites (tertiary alicyclic amines) is 1. The molecule has 2 aromatic carbocycles. The number of para-hydroxylation sites is 1. The summed E-state index contributed by atoms with van der Waals surface area (Å²) in [5, 5.41) is 5.93. The van der Waals surface area contributed by atoms with Crippen molar-refractivity contribution in [1.29, 1.82) is 0 Å². The first-order chi connectivity index (χ1) is 14.3. The highest BCUT2D eigenvalue weighted by atomic mass is 16.5. The van der Waals surface area contributed by atoms with Gasteiger partial charge in [-0.2, -0.15) is 0 Å². The highest BCUT2D eigenvalue weighted by Crippen LogP contribution is 2.32. The monoisotopic (exact) mass is 409 g/mol. The van der Waals surface area contributed by atoms with Crippen LogP contribution in [0.1, 0.15) is 39.2 Å². The quantitative estimate of drug-likeness (QED) is 0.756. The van der Waals surface area contributed by atoms with Crippen molar-refractivity contribution >= 4 is 23.3 Å². The van der Waals surface area contributed by atoms with Gasteiger partial charge < -0.3 is 20.3 Å². The van der Waals surface area contributed by atoms with E-state index < -0.39 is 0 Å². The average molecular weight is 410 g/mol. The van der Waals surface area contributed by atoms with Crippen LogP contribution in [0.4, 0.5) is 16.2 Å². The van der Waals surface area contributed by atoms with E-state index in [1.54, 1.807) is 12.0 Å². The summed E-state index contributed by atoms with van der Waals surface area (Å²) in [6, 6.07) is 15.1. The molecule has 6 nitrogen and oxygen atoms in total. The van der Waals surface area contributed by atoms with Gasteiger partial charge in [-0.05, 0) is 48.1 Å². The second-order valence-electron chi connectivity index (χ2n) is 8.74. The molecular formula is C24H31N3O3. The molecule has 0 spiro atoms. The second-order valence-corrected chi connectivity index (χ2v) is 8.74. The number of nitrogens with zero attached hydrogens (tertiary/aromatic N) is 1. The first-order valence-electron chi connectivity index (χ1n) is 10.4. The van der Waals surface area contributed by atoms with Crippen LogP contribution in [-0.4, -0.2) is 37.0 Å². The molecule has 1 unspecified atom stereocenters. The lowest BCUT2D eigenvalue weighted by Crippen LogP contribution is -2.45. The van der Waals surface area contributed by atoms with Gasteiger partial charge in [0, 0.05) is 18.8 Å². The largest absolute Gasteiger partial charge is 0.495 e. The fraction of sp³-hybridized carbons (Fsp3) is 0.417. The van der Waals surface area contributed by atoms with Crippen LogP contribution in [0.2, 0.25) is 0 Å². The number of urea groups is 1. The number of nitrogens with one attached hydrogen (secondary N) is 2. The summed E-state index contributed by atoms with van der Waals surface area (Å²) < 4.78 is 5.44. The summed E-state index contributed by atoms with van der Waals surface area (Å²) >= 11 is 0. The Kier molecular flexibility index (Phi) is 6.65. The van der Waals surface area contributed by atoms with E-state index in [2.05, 4.69) is 31.4 Å². The molecule has 0 aromatic heterocycles. The van der Waals surface area contributed by atoms with Crippen LogP contribution in [-0.2, 0) is 10.2 Å². The standard InChI is InChI=1S/C24H31N3O3/c1-24(2,3)18-12-13-21(30-4)20(15-18)26-22(28)17-9-8-14-27(16-17)23(29)25-19-10-6-5-7-11-19/h5-7,10-13,15,17H,8-9,14,16H2,1-4H3,(H,25,29)(H,26,28). The number of rotatable bonds is 4. The van der Waals surface area contributed by atoms with E-state index in [0.717, 1.165) is 24.1 Å². The average Bonchev–Trinajstić information content (AvgIpc) is 2.74. The van der Waals surface area contributed by atoms with Crippen LogP contribution >= 0.6 is 0 Å². The van der Waals surface area contributed by atoms with Gasteiger partial charge in [0.05, 0.1) is 18.7 Å². The Balaban J connectivity index is 1.67. The van der Waals surface area contributed by atoms with Crippen molar-refractivity contribution in [1.82, 2.24) is 4.90 Å². The third kappa shape index (κ3) is 5.32. The van der Waals surface area contributed by atoms with Gasteiger partial charge in [0.15, 0.2) is 0 Å². The number of hydrogen-bond acceptors (Lipinski definition) is 3. The number of anilines is 2. The Hall–Kier alpha value is -3.02. The predicted octanol–water partition coefficient (Wildman–Crippen LogP) is 4.88. The number of benzene rings is 2. The number of carbonyl (C=O) groups is 2. The maximum atomic E-state index is 13.0. The van der Waals surface area contributed by atoms with Gasteiger partial charge >= 0.3 is 6.03 Å². The molecule has 1 heterocycles. The van der Waals surface area contributed by atoms with Crippen molar-refractivity contribution in [2.45, 2.75) is 39.0 Å². The first-order valence-corrected chi connectivity index (χ1v) is 10.4. The van der Waals surface area contributed by atoms with Crippen molar-refractivity contribution in [3.8, 4) is 5.75 Å². The minimum absolute atomic E-state index is 0.0388. The number of amides is 3. The molecule has 1 saturated heterocycles. The van der Waals surface area contributed by atoms with E-state index >= 15 is 0 Å². The van der Waals surface area contributed by atoms with Crippen molar-refractivity contribution in [3.05, 3.63) is 54.1 Å². The highest BCUT2D eigenvalue weighted by Gasteiger charge is 2.29. The number of carbonyl (C=O) groups excluding carboxylic acids is 2. The number of methoxy groups -OCH3 is 1. The summed E-state index contributed by atoms with van der Waals surface area (Å²) in [5.41, 5.74) is 2.49. The molecule has 0 bridgehead atoms. The second kappa shape index (κ2) is 9.20. The molecule has 0 radical (unpaired) electrons. The Morgan fingerprint density at radius 2 is 1.80 bits per heavy atom. The molecule has 30 heavy (non-hydrogen) atoms. The number of ether oxygens (including phenoxy) is 1. The zero-order valence-corrected chi connectivity index (χ0v) is 18.2. The molecule has 2 N–H and O–H groups in total. The van der Waals surface area contributed by atoms with Crippen LogP contribution < -0.4 is 15.4 Å². The Labute approximate surface area is 178 Å². The van der Waals surface area contributed by atoms with Crippen LogP contribution in [0.15, 0.2) is 48.5 Å². The molecule has 160 valence electrons. The zero-order chi connectivity index (χ0) is 21.7. The summed E-state index contributed by atoms with van der Waals surface area (Å²) in [6.45, 7) is 7.43. The fourth-order valence-electron chi connectivity index (χ4n) is 3.61. The number of hydrogen-bond donors (Lipinski definition) is 2. The lowest BCUT2D eigenvalue weighted by atomic mass is 9.86. The highest BCUT2D eigenvalue weighted by molar-refractivity contribution is 5.95. The number of piperidine rings is 1. The predicted molar refractivity (Wildman–Crippen MR) is 120 cm³/mol. The topological polar surface area (TPSA) is 70.7 Å². The van der Waals surface area contributed by atoms with Crippen LogP contribution in [0, 0.1) is 5.92 Å². The van der Waals surface area contributed by atoms with Gasteiger partial charge in [0.25, 0.3) is 0 Å². The van der Waals surface area contributed by atoms with Crippen LogP contribution in [0.25, 0.3) is 0 Å². The summed E-state index contributed by atoms with van der Waals surface area (Å²) in [6.07, 6.45) is 1.54. The molecule has 3 rings (SSSR count). The first kappa shape index (κ1) is 21.7. The molecule has 1 aliphatic rings. The Morgan fingerprint density at radius 3 is 2.47 bits per heavy atom. The van der Waals surface area contributed by atoms with E-state index in [1.165, 1.54) is 0 Å². The zero-order valence-electron chi connectivity index (χ0n) is 18.2. The van der Waals surface area contributed by atoms with E-state index in [4.69, 9.17) is 4.74 Å². The van der Waals surface area contributed by atoms with Gasteiger partial charge in [0.2, 0.25) is 5.91 Å². The summed E-state index contributed by atoms with van der Waals surface area (Å²) in [7, 11) is 1.60. The van der Waals surface area contributed by atoms with E-state index in [0.29, 0.717) is 24.5 Å².